The Morgan fingerprint density at radius 1 is 0.895 bits per heavy atom. The van der Waals surface area contributed by atoms with Crippen LogP contribution in [0, 0.1) is 5.82 Å². The molecule has 194 valence electrons. The summed E-state index contributed by atoms with van der Waals surface area (Å²) in [6, 6.07) is 29.4. The number of nitrogens with zero attached hydrogens (tertiary/aromatic N) is 3. The van der Waals surface area contributed by atoms with Gasteiger partial charge in [0.2, 0.25) is 11.8 Å². The zero-order valence-corrected chi connectivity index (χ0v) is 21.5. The van der Waals surface area contributed by atoms with Crippen molar-refractivity contribution in [3.05, 3.63) is 131 Å². The normalized spacial score (nSPS) is 14.8. The van der Waals surface area contributed by atoms with Gasteiger partial charge in [0.1, 0.15) is 5.82 Å². The number of rotatable bonds is 8. The van der Waals surface area contributed by atoms with Gasteiger partial charge in [0, 0.05) is 31.5 Å². The average Bonchev–Trinajstić information content (AvgIpc) is 3.42. The highest BCUT2D eigenvalue weighted by Gasteiger charge is 2.35. The Morgan fingerprint density at radius 2 is 1.58 bits per heavy atom. The third-order valence-corrected chi connectivity index (χ3v) is 7.17. The maximum atomic E-state index is 14.2. The van der Waals surface area contributed by atoms with E-state index in [0.29, 0.717) is 19.6 Å². The van der Waals surface area contributed by atoms with Crippen molar-refractivity contribution in [2.45, 2.75) is 31.8 Å². The molecule has 0 saturated heterocycles. The van der Waals surface area contributed by atoms with Crippen molar-refractivity contribution in [2.24, 2.45) is 0 Å². The van der Waals surface area contributed by atoms with Gasteiger partial charge in [0.25, 0.3) is 0 Å². The van der Waals surface area contributed by atoms with E-state index in [9.17, 15) is 14.0 Å². The fourth-order valence-electron chi connectivity index (χ4n) is 5.42. The lowest BCUT2D eigenvalue weighted by molar-refractivity contribution is -0.142. The summed E-state index contributed by atoms with van der Waals surface area (Å²) in [5.74, 6) is -1.09. The molecule has 4 aromatic rings. The maximum absolute atomic E-state index is 14.2. The third kappa shape index (κ3) is 5.25. The third-order valence-electron chi connectivity index (χ3n) is 7.17. The molecule has 3 aromatic carbocycles. The van der Waals surface area contributed by atoms with Gasteiger partial charge in [-0.15, -0.1) is 0 Å². The van der Waals surface area contributed by atoms with E-state index in [0.717, 1.165) is 28.8 Å². The van der Waals surface area contributed by atoms with Crippen LogP contribution >= 0.6 is 0 Å². The molecule has 2 heterocycles. The highest BCUT2D eigenvalue weighted by molar-refractivity contribution is 5.91. The molecule has 1 unspecified atom stereocenters. The molecule has 0 aliphatic carbocycles. The van der Waals surface area contributed by atoms with Gasteiger partial charge in [0.15, 0.2) is 0 Å². The van der Waals surface area contributed by atoms with Crippen molar-refractivity contribution in [3.8, 4) is 0 Å². The highest BCUT2D eigenvalue weighted by atomic mass is 19.1. The highest BCUT2D eigenvalue weighted by Crippen LogP contribution is 2.33. The number of aromatic nitrogens is 1. The van der Waals surface area contributed by atoms with Gasteiger partial charge in [-0.1, -0.05) is 79.7 Å². The summed E-state index contributed by atoms with van der Waals surface area (Å²) in [5, 5.41) is 0. The molecule has 2 amide bonds. The first-order valence-electron chi connectivity index (χ1n) is 13.2. The van der Waals surface area contributed by atoms with Crippen LogP contribution in [0.3, 0.4) is 0 Å². The molecule has 0 bridgehead atoms. The van der Waals surface area contributed by atoms with Crippen LogP contribution in [0.5, 0.6) is 0 Å². The van der Waals surface area contributed by atoms with Crippen molar-refractivity contribution < 1.29 is 14.0 Å². The number of benzene rings is 3. The van der Waals surface area contributed by atoms with Crippen molar-refractivity contribution in [1.82, 2.24) is 14.4 Å². The number of amides is 2. The van der Waals surface area contributed by atoms with Crippen molar-refractivity contribution >= 4 is 11.8 Å². The van der Waals surface area contributed by atoms with Crippen molar-refractivity contribution in [1.29, 1.82) is 0 Å². The SMILES string of the molecule is CCCN(CC(=O)N1CCn2cccc2C1c1cccc(F)c1)C(=O)C(c1ccccc1)c1ccccc1. The zero-order chi connectivity index (χ0) is 26.5. The van der Waals surface area contributed by atoms with E-state index in [-0.39, 0.29) is 24.2 Å². The van der Waals surface area contributed by atoms with E-state index < -0.39 is 12.0 Å². The molecule has 38 heavy (non-hydrogen) atoms. The predicted molar refractivity (Wildman–Crippen MR) is 146 cm³/mol. The number of hydrogen-bond acceptors (Lipinski definition) is 2. The van der Waals surface area contributed by atoms with Gasteiger partial charge in [-0.05, 0) is 47.4 Å². The van der Waals surface area contributed by atoms with Crippen LogP contribution in [-0.4, -0.2) is 45.8 Å². The Balaban J connectivity index is 1.45. The molecule has 0 fully saturated rings. The van der Waals surface area contributed by atoms with E-state index in [1.165, 1.54) is 12.1 Å². The second-order valence-electron chi connectivity index (χ2n) is 9.69. The first kappa shape index (κ1) is 25.5. The maximum Gasteiger partial charge on any atom is 0.243 e. The molecule has 1 aromatic heterocycles. The molecule has 0 radical (unpaired) electrons. The van der Waals surface area contributed by atoms with Crippen LogP contribution in [0.15, 0.2) is 103 Å². The number of carbonyl (C=O) groups excluding carboxylic acids is 2. The van der Waals surface area contributed by atoms with Gasteiger partial charge in [-0.3, -0.25) is 9.59 Å². The van der Waals surface area contributed by atoms with Gasteiger partial charge in [-0.2, -0.15) is 0 Å². The van der Waals surface area contributed by atoms with Gasteiger partial charge < -0.3 is 14.4 Å². The Hall–Kier alpha value is -4.19. The minimum Gasteiger partial charge on any atom is -0.348 e. The second-order valence-corrected chi connectivity index (χ2v) is 9.69. The molecular formula is C32H32FN3O2. The van der Waals surface area contributed by atoms with E-state index in [1.54, 1.807) is 15.9 Å². The summed E-state index contributed by atoms with van der Waals surface area (Å²) in [5.41, 5.74) is 3.45. The lowest BCUT2D eigenvalue weighted by atomic mass is 9.90. The van der Waals surface area contributed by atoms with Crippen LogP contribution in [0.4, 0.5) is 4.39 Å². The summed E-state index contributed by atoms with van der Waals surface area (Å²) in [6.07, 6.45) is 2.71. The second kappa shape index (κ2) is 11.5. The smallest absolute Gasteiger partial charge is 0.243 e. The standard InChI is InChI=1S/C32H32FN3O2/c1-2-18-35(32(38)30(24-11-5-3-6-12-24)25-13-7-4-8-14-25)23-29(37)36-21-20-34-19-10-17-28(34)31(36)26-15-9-16-27(33)22-26/h3-17,19,22,30-31H,2,18,20-21,23H2,1H3. The van der Waals surface area contributed by atoms with Crippen molar-refractivity contribution in [3.63, 3.8) is 0 Å². The van der Waals surface area contributed by atoms with E-state index in [4.69, 9.17) is 0 Å². The Bertz CT molecular complexity index is 1350. The van der Waals surface area contributed by atoms with Crippen LogP contribution in [0.1, 0.15) is 47.7 Å². The Kier molecular flexibility index (Phi) is 7.68. The lowest BCUT2D eigenvalue weighted by Crippen LogP contribution is -2.49. The zero-order valence-electron chi connectivity index (χ0n) is 21.5. The summed E-state index contributed by atoms with van der Waals surface area (Å²) in [6.45, 7) is 3.58. The fourth-order valence-corrected chi connectivity index (χ4v) is 5.42. The number of fused-ring (bicyclic) bond motifs is 1. The number of halogens is 1. The fraction of sp³-hybridized carbons (Fsp3) is 0.250. The van der Waals surface area contributed by atoms with Crippen molar-refractivity contribution in [2.75, 3.05) is 19.6 Å². The van der Waals surface area contributed by atoms with E-state index in [2.05, 4.69) is 4.57 Å². The molecule has 6 heteroatoms. The van der Waals surface area contributed by atoms with Gasteiger partial charge >= 0.3 is 0 Å². The van der Waals surface area contributed by atoms with Crippen LogP contribution in [0.25, 0.3) is 0 Å². The Morgan fingerprint density at radius 3 is 2.21 bits per heavy atom. The molecule has 1 aliphatic heterocycles. The van der Waals surface area contributed by atoms with E-state index in [1.807, 2.05) is 92.0 Å². The monoisotopic (exact) mass is 509 g/mol. The molecule has 0 spiro atoms. The molecule has 1 aliphatic rings. The van der Waals surface area contributed by atoms with Crippen LogP contribution < -0.4 is 0 Å². The first-order valence-corrected chi connectivity index (χ1v) is 13.2. The molecule has 0 N–H and O–H groups in total. The minimum absolute atomic E-state index is 0.0324. The molecule has 0 saturated carbocycles. The van der Waals surface area contributed by atoms with Gasteiger partial charge in [-0.25, -0.2) is 4.39 Å². The summed E-state index contributed by atoms with van der Waals surface area (Å²) in [7, 11) is 0. The van der Waals surface area contributed by atoms with Gasteiger partial charge in [0.05, 0.1) is 18.5 Å². The summed E-state index contributed by atoms with van der Waals surface area (Å²) < 4.78 is 16.3. The van der Waals surface area contributed by atoms with E-state index >= 15 is 0 Å². The molecule has 5 nitrogen and oxygen atoms in total. The van der Waals surface area contributed by atoms with Crippen LogP contribution in [0.2, 0.25) is 0 Å². The minimum atomic E-state index is -0.505. The lowest BCUT2D eigenvalue weighted by Gasteiger charge is -2.39. The quantitative estimate of drug-likeness (QED) is 0.309. The number of hydrogen-bond donors (Lipinski definition) is 0. The summed E-state index contributed by atoms with van der Waals surface area (Å²) >= 11 is 0. The molecule has 5 rings (SSSR count). The summed E-state index contributed by atoms with van der Waals surface area (Å²) in [4.78, 5) is 31.5. The number of carbonyl (C=O) groups is 2. The topological polar surface area (TPSA) is 45.6 Å². The molecule has 1 atom stereocenters. The molecular weight excluding hydrogens is 477 g/mol. The average molecular weight is 510 g/mol. The predicted octanol–water partition coefficient (Wildman–Crippen LogP) is 5.63. The largest absolute Gasteiger partial charge is 0.348 e. The van der Waals surface area contributed by atoms with Crippen LogP contribution in [-0.2, 0) is 16.1 Å². The Labute approximate surface area is 223 Å². The first-order chi connectivity index (χ1) is 18.6.